The van der Waals surface area contributed by atoms with Crippen LogP contribution in [0.15, 0.2) is 18.2 Å². The molecule has 0 saturated carbocycles. The number of methoxy groups -OCH3 is 1. The molecule has 2 unspecified atom stereocenters. The molecule has 0 aliphatic heterocycles. The first-order valence-electron chi connectivity index (χ1n) is 6.77. The molecule has 0 spiro atoms. The molecule has 1 rings (SSSR count). The van der Waals surface area contributed by atoms with Crippen molar-refractivity contribution < 1.29 is 19.7 Å². The van der Waals surface area contributed by atoms with Crippen LogP contribution >= 0.6 is 0 Å². The number of aliphatic hydroxyl groups excluding tert-OH is 1. The molecule has 0 heterocycles. The normalized spacial score (nSPS) is 13.8. The van der Waals surface area contributed by atoms with Gasteiger partial charge in [0.15, 0.2) is 0 Å². The second kappa shape index (κ2) is 7.87. The van der Waals surface area contributed by atoms with Crippen LogP contribution in [0.5, 0.6) is 5.75 Å². The Morgan fingerprint density at radius 3 is 2.65 bits per heavy atom. The van der Waals surface area contributed by atoms with E-state index in [0.717, 1.165) is 16.9 Å². The Morgan fingerprint density at radius 2 is 2.15 bits per heavy atom. The van der Waals surface area contributed by atoms with Gasteiger partial charge >= 0.3 is 5.97 Å². The van der Waals surface area contributed by atoms with Gasteiger partial charge in [0.1, 0.15) is 5.75 Å². The van der Waals surface area contributed by atoms with Gasteiger partial charge in [-0.15, -0.1) is 0 Å². The third-order valence-corrected chi connectivity index (χ3v) is 3.31. The lowest BCUT2D eigenvalue weighted by atomic mass is 9.95. The molecular formula is C15H23NO4. The van der Waals surface area contributed by atoms with E-state index >= 15 is 0 Å². The summed E-state index contributed by atoms with van der Waals surface area (Å²) >= 11 is 0. The topological polar surface area (TPSA) is 78.8 Å². The summed E-state index contributed by atoms with van der Waals surface area (Å²) in [6.45, 7) is 4.51. The molecule has 3 N–H and O–H groups in total. The molecule has 0 aromatic heterocycles. The van der Waals surface area contributed by atoms with Crippen LogP contribution in [-0.2, 0) is 4.79 Å². The molecule has 0 amide bonds. The molecule has 1 aromatic rings. The van der Waals surface area contributed by atoms with E-state index in [1.807, 2.05) is 26.0 Å². The maximum Gasteiger partial charge on any atom is 0.303 e. The number of aliphatic carboxylic acids is 1. The first kappa shape index (κ1) is 16.5. The number of carboxylic acid groups (broad SMARTS) is 1. The van der Waals surface area contributed by atoms with Gasteiger partial charge in [-0.25, -0.2) is 0 Å². The monoisotopic (exact) mass is 281 g/mol. The van der Waals surface area contributed by atoms with Gasteiger partial charge in [0, 0.05) is 12.5 Å². The zero-order valence-corrected chi connectivity index (χ0v) is 12.2. The second-order valence-corrected chi connectivity index (χ2v) is 4.76. The molecule has 0 aliphatic carbocycles. The summed E-state index contributed by atoms with van der Waals surface area (Å²) in [4.78, 5) is 10.7. The Balaban J connectivity index is 2.87. The zero-order valence-electron chi connectivity index (χ0n) is 12.2. The van der Waals surface area contributed by atoms with E-state index in [-0.39, 0.29) is 12.5 Å². The first-order chi connectivity index (χ1) is 9.49. The number of nitrogens with one attached hydrogen (secondary N) is 1. The van der Waals surface area contributed by atoms with Crippen LogP contribution in [-0.4, -0.2) is 35.9 Å². The Bertz CT molecular complexity index is 447. The number of benzene rings is 1. The van der Waals surface area contributed by atoms with E-state index in [0.29, 0.717) is 13.0 Å². The van der Waals surface area contributed by atoms with Crippen LogP contribution < -0.4 is 10.1 Å². The Morgan fingerprint density at radius 1 is 1.45 bits per heavy atom. The van der Waals surface area contributed by atoms with Gasteiger partial charge in [-0.1, -0.05) is 13.0 Å². The highest BCUT2D eigenvalue weighted by molar-refractivity contribution is 5.66. The molecule has 112 valence electrons. The number of aliphatic hydroxyl groups is 1. The molecule has 2 atom stereocenters. The van der Waals surface area contributed by atoms with Crippen LogP contribution in [0, 0.1) is 6.92 Å². The van der Waals surface area contributed by atoms with Gasteiger partial charge < -0.3 is 20.3 Å². The maximum absolute atomic E-state index is 10.7. The van der Waals surface area contributed by atoms with Gasteiger partial charge in [0.05, 0.1) is 13.2 Å². The van der Waals surface area contributed by atoms with Crippen molar-refractivity contribution >= 4 is 5.97 Å². The minimum absolute atomic E-state index is 0.0317. The summed E-state index contributed by atoms with van der Waals surface area (Å²) in [5.41, 5.74) is 1.72. The molecule has 5 nitrogen and oxygen atoms in total. The van der Waals surface area contributed by atoms with Crippen LogP contribution in [0.25, 0.3) is 0 Å². The SMILES string of the molecule is CCNC(CCC(=O)O)C(O)c1ccc(OC)cc1C. The highest BCUT2D eigenvalue weighted by Gasteiger charge is 2.22. The first-order valence-corrected chi connectivity index (χ1v) is 6.77. The number of hydrogen-bond donors (Lipinski definition) is 3. The Labute approximate surface area is 119 Å². The smallest absolute Gasteiger partial charge is 0.303 e. The van der Waals surface area contributed by atoms with Gasteiger partial charge in [0.25, 0.3) is 0 Å². The number of aryl methyl sites for hydroxylation is 1. The van der Waals surface area contributed by atoms with Gasteiger partial charge in [-0.05, 0) is 43.1 Å². The molecule has 20 heavy (non-hydrogen) atoms. The van der Waals surface area contributed by atoms with E-state index < -0.39 is 12.1 Å². The fraction of sp³-hybridized carbons (Fsp3) is 0.533. The average Bonchev–Trinajstić information content (AvgIpc) is 2.42. The molecule has 1 aromatic carbocycles. The number of hydrogen-bond acceptors (Lipinski definition) is 4. The standard InChI is InChI=1S/C15H23NO4/c1-4-16-13(7-8-14(17)18)15(19)12-6-5-11(20-3)9-10(12)2/h5-6,9,13,15-16,19H,4,7-8H2,1-3H3,(H,17,18). The fourth-order valence-corrected chi connectivity index (χ4v) is 2.24. The summed E-state index contributed by atoms with van der Waals surface area (Å²) in [6, 6.07) is 5.21. The summed E-state index contributed by atoms with van der Waals surface area (Å²) < 4.78 is 5.14. The predicted octanol–water partition coefficient (Wildman–Crippen LogP) is 1.88. The summed E-state index contributed by atoms with van der Waals surface area (Å²) in [7, 11) is 1.60. The number of likely N-dealkylation sites (N-methyl/N-ethyl adjacent to an activating group) is 1. The summed E-state index contributed by atoms with van der Waals surface area (Å²) in [6.07, 6.45) is -0.320. The third kappa shape index (κ3) is 4.51. The minimum atomic E-state index is -0.855. The van der Waals surface area contributed by atoms with Gasteiger partial charge in [0.2, 0.25) is 0 Å². The van der Waals surface area contributed by atoms with E-state index in [4.69, 9.17) is 9.84 Å². The third-order valence-electron chi connectivity index (χ3n) is 3.31. The fourth-order valence-electron chi connectivity index (χ4n) is 2.24. The number of ether oxygens (including phenoxy) is 1. The van der Waals surface area contributed by atoms with Crippen LogP contribution in [0.1, 0.15) is 37.0 Å². The van der Waals surface area contributed by atoms with Crippen LogP contribution in [0.2, 0.25) is 0 Å². The number of rotatable bonds is 8. The van der Waals surface area contributed by atoms with Gasteiger partial charge in [-0.2, -0.15) is 0 Å². The van der Waals surface area contributed by atoms with E-state index in [1.165, 1.54) is 0 Å². The Kier molecular flexibility index (Phi) is 6.48. The average molecular weight is 281 g/mol. The zero-order chi connectivity index (χ0) is 15.1. The van der Waals surface area contributed by atoms with Crippen molar-refractivity contribution in [2.45, 2.75) is 38.8 Å². The lowest BCUT2D eigenvalue weighted by molar-refractivity contribution is -0.137. The maximum atomic E-state index is 10.7. The summed E-state index contributed by atoms with van der Waals surface area (Å²) in [5.74, 6) is -0.115. The van der Waals surface area contributed by atoms with Crippen molar-refractivity contribution in [3.8, 4) is 5.75 Å². The quantitative estimate of drug-likeness (QED) is 0.678. The lowest BCUT2D eigenvalue weighted by Crippen LogP contribution is -2.35. The second-order valence-electron chi connectivity index (χ2n) is 4.76. The minimum Gasteiger partial charge on any atom is -0.497 e. The highest BCUT2D eigenvalue weighted by Crippen LogP contribution is 2.26. The van der Waals surface area contributed by atoms with Crippen molar-refractivity contribution in [2.75, 3.05) is 13.7 Å². The van der Waals surface area contributed by atoms with Gasteiger partial charge in [-0.3, -0.25) is 4.79 Å². The van der Waals surface area contributed by atoms with E-state index in [1.54, 1.807) is 13.2 Å². The number of carboxylic acids is 1. The molecule has 0 fully saturated rings. The predicted molar refractivity (Wildman–Crippen MR) is 77.0 cm³/mol. The van der Waals surface area contributed by atoms with Crippen LogP contribution in [0.4, 0.5) is 0 Å². The highest BCUT2D eigenvalue weighted by atomic mass is 16.5. The van der Waals surface area contributed by atoms with E-state index in [9.17, 15) is 9.90 Å². The van der Waals surface area contributed by atoms with Crippen molar-refractivity contribution in [1.82, 2.24) is 5.32 Å². The molecule has 0 aliphatic rings. The van der Waals surface area contributed by atoms with Crippen molar-refractivity contribution in [3.63, 3.8) is 0 Å². The van der Waals surface area contributed by atoms with Crippen molar-refractivity contribution in [3.05, 3.63) is 29.3 Å². The van der Waals surface area contributed by atoms with Crippen LogP contribution in [0.3, 0.4) is 0 Å². The molecule has 0 saturated heterocycles. The largest absolute Gasteiger partial charge is 0.497 e. The molecular weight excluding hydrogens is 258 g/mol. The molecule has 5 heteroatoms. The Hall–Kier alpha value is -1.59. The van der Waals surface area contributed by atoms with E-state index in [2.05, 4.69) is 5.32 Å². The van der Waals surface area contributed by atoms with Crippen molar-refractivity contribution in [1.29, 1.82) is 0 Å². The number of carbonyl (C=O) groups is 1. The molecule has 0 bridgehead atoms. The lowest BCUT2D eigenvalue weighted by Gasteiger charge is -2.25. The van der Waals surface area contributed by atoms with Crippen molar-refractivity contribution in [2.24, 2.45) is 0 Å². The molecule has 0 radical (unpaired) electrons. The summed E-state index contributed by atoms with van der Waals surface area (Å²) in [5, 5.41) is 22.4.